The topological polar surface area (TPSA) is 35.0 Å². The van der Waals surface area contributed by atoms with Crippen molar-refractivity contribution in [1.82, 2.24) is 9.97 Å². The van der Waals surface area contributed by atoms with Gasteiger partial charge in [-0.2, -0.15) is 0 Å². The molecule has 4 rings (SSSR count). The Bertz CT molecular complexity index is 812. The number of ether oxygens (including phenoxy) is 1. The first-order chi connectivity index (χ1) is 9.85. The van der Waals surface area contributed by atoms with Gasteiger partial charge in [0.05, 0.1) is 12.8 Å². The third-order valence-corrected chi connectivity index (χ3v) is 3.55. The summed E-state index contributed by atoms with van der Waals surface area (Å²) in [5.41, 5.74) is 6.80. The Kier molecular flexibility index (Phi) is 2.33. The molecule has 20 heavy (non-hydrogen) atoms. The maximum Gasteiger partial charge on any atom is 0.119 e. The van der Waals surface area contributed by atoms with Crippen LogP contribution in [0.15, 0.2) is 55.0 Å². The number of fused-ring (bicyclic) bond motifs is 1. The number of hydrogen-bond donors (Lipinski definition) is 0. The summed E-state index contributed by atoms with van der Waals surface area (Å²) in [5, 5.41) is 0. The van der Waals surface area contributed by atoms with Gasteiger partial charge >= 0.3 is 0 Å². The lowest BCUT2D eigenvalue weighted by Crippen LogP contribution is -1.86. The largest absolute Gasteiger partial charge is 0.497 e. The second-order valence-electron chi connectivity index (χ2n) is 4.81. The Labute approximate surface area is 116 Å². The van der Waals surface area contributed by atoms with Crippen LogP contribution in [-0.2, 0) is 0 Å². The predicted octanol–water partition coefficient (Wildman–Crippen LogP) is 3.80. The van der Waals surface area contributed by atoms with Crippen molar-refractivity contribution in [1.29, 1.82) is 0 Å². The molecule has 1 aromatic carbocycles. The number of nitrogens with zero attached hydrogens (tertiary/aromatic N) is 2. The van der Waals surface area contributed by atoms with E-state index in [0.29, 0.717) is 0 Å². The van der Waals surface area contributed by atoms with Crippen molar-refractivity contribution in [2.24, 2.45) is 0 Å². The SMILES string of the molecule is COc1cccc(-c2cncc(-c3cnc4cc3-4)c2)c1. The van der Waals surface area contributed by atoms with Gasteiger partial charge in [0.25, 0.3) is 0 Å². The van der Waals surface area contributed by atoms with Gasteiger partial charge in [-0.05, 0) is 29.8 Å². The molecule has 1 aromatic heterocycles. The van der Waals surface area contributed by atoms with Crippen LogP contribution in [0.4, 0.5) is 0 Å². The second-order valence-corrected chi connectivity index (χ2v) is 4.81. The van der Waals surface area contributed by atoms with E-state index >= 15 is 0 Å². The molecular weight excluding hydrogens is 248 g/mol. The summed E-state index contributed by atoms with van der Waals surface area (Å²) in [7, 11) is 1.68. The average molecular weight is 260 g/mol. The molecule has 0 unspecified atom stereocenters. The quantitative estimate of drug-likeness (QED) is 0.562. The molecule has 3 heteroatoms. The van der Waals surface area contributed by atoms with Crippen LogP contribution >= 0.6 is 0 Å². The maximum atomic E-state index is 5.27. The van der Waals surface area contributed by atoms with Crippen LogP contribution in [0.2, 0.25) is 0 Å². The molecule has 0 spiro atoms. The van der Waals surface area contributed by atoms with Gasteiger partial charge in [0.1, 0.15) is 5.75 Å². The minimum Gasteiger partial charge on any atom is -0.497 e. The van der Waals surface area contributed by atoms with Crippen molar-refractivity contribution in [2.45, 2.75) is 0 Å². The molecule has 0 N–H and O–H groups in total. The van der Waals surface area contributed by atoms with Crippen LogP contribution in [0.3, 0.4) is 0 Å². The third-order valence-electron chi connectivity index (χ3n) is 3.55. The van der Waals surface area contributed by atoms with Gasteiger partial charge < -0.3 is 4.74 Å². The van der Waals surface area contributed by atoms with E-state index in [0.717, 1.165) is 33.7 Å². The average Bonchev–Trinajstić information content (AvgIpc) is 3.18. The zero-order chi connectivity index (χ0) is 13.5. The highest BCUT2D eigenvalue weighted by Crippen LogP contribution is 2.41. The zero-order valence-corrected chi connectivity index (χ0v) is 11.0. The van der Waals surface area contributed by atoms with E-state index in [1.807, 2.05) is 36.8 Å². The van der Waals surface area contributed by atoms with E-state index in [4.69, 9.17) is 4.74 Å². The normalized spacial score (nSPS) is 11.2. The monoisotopic (exact) mass is 260 g/mol. The van der Waals surface area contributed by atoms with Crippen LogP contribution in [0.1, 0.15) is 0 Å². The highest BCUT2D eigenvalue weighted by Gasteiger charge is 2.20. The fourth-order valence-electron chi connectivity index (χ4n) is 2.40. The smallest absolute Gasteiger partial charge is 0.119 e. The predicted molar refractivity (Wildman–Crippen MR) is 78.5 cm³/mol. The Morgan fingerprint density at radius 2 is 1.75 bits per heavy atom. The van der Waals surface area contributed by atoms with Crippen molar-refractivity contribution in [3.8, 4) is 39.3 Å². The zero-order valence-electron chi connectivity index (χ0n) is 11.0. The summed E-state index contributed by atoms with van der Waals surface area (Å²) < 4.78 is 5.27. The van der Waals surface area contributed by atoms with E-state index < -0.39 is 0 Å². The fraction of sp³-hybridized carbons (Fsp3) is 0.0588. The van der Waals surface area contributed by atoms with E-state index in [1.165, 1.54) is 5.56 Å². The van der Waals surface area contributed by atoms with E-state index in [2.05, 4.69) is 28.2 Å². The molecule has 0 radical (unpaired) electrons. The van der Waals surface area contributed by atoms with E-state index in [-0.39, 0.29) is 0 Å². The molecule has 2 aliphatic rings. The van der Waals surface area contributed by atoms with E-state index in [1.54, 1.807) is 7.11 Å². The number of aromatic nitrogens is 2. The lowest BCUT2D eigenvalue weighted by molar-refractivity contribution is 0.415. The van der Waals surface area contributed by atoms with Gasteiger partial charge in [-0.15, -0.1) is 0 Å². The Hall–Kier alpha value is -2.68. The maximum absolute atomic E-state index is 5.27. The molecule has 1 aliphatic heterocycles. The van der Waals surface area contributed by atoms with Crippen molar-refractivity contribution < 1.29 is 4.74 Å². The first-order valence-corrected chi connectivity index (χ1v) is 6.45. The molecule has 0 fully saturated rings. The number of hydrogen-bond acceptors (Lipinski definition) is 3. The second kappa shape index (κ2) is 4.17. The lowest BCUT2D eigenvalue weighted by atomic mass is 10.0. The molecule has 1 aliphatic carbocycles. The molecule has 0 atom stereocenters. The Morgan fingerprint density at radius 3 is 2.50 bits per heavy atom. The van der Waals surface area contributed by atoms with Crippen LogP contribution in [0.5, 0.6) is 5.75 Å². The summed E-state index contributed by atoms with van der Waals surface area (Å²) in [6.07, 6.45) is 5.67. The molecule has 0 amide bonds. The minimum absolute atomic E-state index is 0.850. The fourth-order valence-corrected chi connectivity index (χ4v) is 2.40. The standard InChI is InChI=1S/C17H12N2O/c1-20-14-4-2-3-11(6-14)12-5-13(9-18-8-12)16-10-19-17-7-15(16)17/h2-10H,1H3. The molecule has 2 aromatic rings. The van der Waals surface area contributed by atoms with Crippen LogP contribution in [-0.4, -0.2) is 17.1 Å². The van der Waals surface area contributed by atoms with Gasteiger partial charge in [0.2, 0.25) is 0 Å². The minimum atomic E-state index is 0.850. The van der Waals surface area contributed by atoms with Gasteiger partial charge in [-0.3, -0.25) is 9.97 Å². The van der Waals surface area contributed by atoms with Crippen LogP contribution < -0.4 is 4.74 Å². The molecular formula is C17H12N2O. The highest BCUT2D eigenvalue weighted by atomic mass is 16.5. The first kappa shape index (κ1) is 11.2. The van der Waals surface area contributed by atoms with Gasteiger partial charge in [0.15, 0.2) is 0 Å². The lowest BCUT2D eigenvalue weighted by Gasteiger charge is -2.06. The molecule has 0 saturated carbocycles. The summed E-state index contributed by atoms with van der Waals surface area (Å²) in [6, 6.07) is 12.2. The van der Waals surface area contributed by atoms with Gasteiger partial charge in [-0.1, -0.05) is 12.1 Å². The van der Waals surface area contributed by atoms with Gasteiger partial charge in [-0.25, -0.2) is 0 Å². The number of pyridine rings is 2. The van der Waals surface area contributed by atoms with Crippen molar-refractivity contribution in [3.63, 3.8) is 0 Å². The Balaban J connectivity index is 1.77. The van der Waals surface area contributed by atoms with Crippen molar-refractivity contribution in [3.05, 3.63) is 55.0 Å². The third kappa shape index (κ3) is 1.75. The summed E-state index contributed by atoms with van der Waals surface area (Å²) in [6.45, 7) is 0. The molecule has 0 bridgehead atoms. The summed E-state index contributed by atoms with van der Waals surface area (Å²) in [5.74, 6) is 0.850. The highest BCUT2D eigenvalue weighted by molar-refractivity contribution is 5.93. The van der Waals surface area contributed by atoms with Gasteiger partial charge in [0, 0.05) is 40.8 Å². The van der Waals surface area contributed by atoms with Crippen LogP contribution in [0, 0.1) is 0 Å². The number of rotatable bonds is 3. The molecule has 2 heterocycles. The summed E-state index contributed by atoms with van der Waals surface area (Å²) >= 11 is 0. The molecule has 0 saturated heterocycles. The van der Waals surface area contributed by atoms with Crippen LogP contribution in [0.25, 0.3) is 33.5 Å². The summed E-state index contributed by atoms with van der Waals surface area (Å²) in [4.78, 5) is 8.67. The Morgan fingerprint density at radius 1 is 0.850 bits per heavy atom. The first-order valence-electron chi connectivity index (χ1n) is 6.45. The number of benzene rings is 1. The van der Waals surface area contributed by atoms with Crippen molar-refractivity contribution >= 4 is 0 Å². The van der Waals surface area contributed by atoms with Crippen molar-refractivity contribution in [2.75, 3.05) is 7.11 Å². The van der Waals surface area contributed by atoms with E-state index in [9.17, 15) is 0 Å². The number of methoxy groups -OCH3 is 1. The molecule has 3 nitrogen and oxygen atoms in total. The molecule has 96 valence electrons.